The molecule has 2 aromatic rings. The van der Waals surface area contributed by atoms with E-state index in [0.29, 0.717) is 31.1 Å². The summed E-state index contributed by atoms with van der Waals surface area (Å²) >= 11 is 0. The summed E-state index contributed by atoms with van der Waals surface area (Å²) in [7, 11) is 0. The topological polar surface area (TPSA) is 108 Å². The lowest BCUT2D eigenvalue weighted by molar-refractivity contribution is -0.136. The third kappa shape index (κ3) is 3.93. The summed E-state index contributed by atoms with van der Waals surface area (Å²) in [6, 6.07) is 5.67. The van der Waals surface area contributed by atoms with Crippen LogP contribution in [-0.4, -0.2) is 51.0 Å². The highest BCUT2D eigenvalue weighted by Gasteiger charge is 2.39. The number of imide groups is 1. The van der Waals surface area contributed by atoms with Crippen LogP contribution in [0.4, 0.5) is 5.69 Å². The first-order valence-corrected chi connectivity index (χ1v) is 10.8. The minimum Gasteiger partial charge on any atom is -0.378 e. The molecule has 1 aromatic carbocycles. The highest BCUT2D eigenvalue weighted by Crippen LogP contribution is 2.30. The molecule has 162 valence electrons. The first kappa shape index (κ1) is 19.7. The molecule has 0 bridgehead atoms. The Hall–Kier alpha value is -3.20. The van der Waals surface area contributed by atoms with Gasteiger partial charge in [-0.1, -0.05) is 18.2 Å². The maximum Gasteiger partial charge on any atom is 0.255 e. The van der Waals surface area contributed by atoms with Crippen LogP contribution in [0.15, 0.2) is 30.6 Å². The van der Waals surface area contributed by atoms with E-state index in [1.54, 1.807) is 11.1 Å². The van der Waals surface area contributed by atoms with E-state index in [-0.39, 0.29) is 24.1 Å². The maximum atomic E-state index is 13.2. The summed E-state index contributed by atoms with van der Waals surface area (Å²) in [5.74, 6) is -0.814. The predicted molar refractivity (Wildman–Crippen MR) is 113 cm³/mol. The molecule has 2 atom stereocenters. The Kier molecular flexibility index (Phi) is 5.19. The second kappa shape index (κ2) is 8.14. The van der Waals surface area contributed by atoms with Gasteiger partial charge >= 0.3 is 0 Å². The van der Waals surface area contributed by atoms with Crippen LogP contribution in [0.1, 0.15) is 47.2 Å². The van der Waals surface area contributed by atoms with Crippen molar-refractivity contribution in [1.29, 1.82) is 0 Å². The van der Waals surface area contributed by atoms with Gasteiger partial charge < -0.3 is 15.5 Å². The monoisotopic (exact) mass is 422 g/mol. The second-order valence-electron chi connectivity index (χ2n) is 8.45. The molecule has 1 aromatic heterocycles. The molecule has 4 heterocycles. The van der Waals surface area contributed by atoms with Crippen molar-refractivity contribution in [2.75, 3.05) is 11.9 Å². The van der Waals surface area contributed by atoms with Gasteiger partial charge in [0.25, 0.3) is 5.91 Å². The van der Waals surface area contributed by atoms with Crippen LogP contribution in [0.25, 0.3) is 0 Å². The fourth-order valence-electron chi connectivity index (χ4n) is 4.73. The smallest absolute Gasteiger partial charge is 0.255 e. The Morgan fingerprint density at radius 2 is 2.10 bits per heavy atom. The summed E-state index contributed by atoms with van der Waals surface area (Å²) in [5.41, 5.74) is 3.37. The van der Waals surface area contributed by atoms with E-state index in [1.165, 1.54) is 12.8 Å². The molecule has 2 saturated heterocycles. The molecule has 0 saturated carbocycles. The highest BCUT2D eigenvalue weighted by molar-refractivity contribution is 6.06. The van der Waals surface area contributed by atoms with Crippen LogP contribution in [0.2, 0.25) is 0 Å². The van der Waals surface area contributed by atoms with Crippen molar-refractivity contribution in [2.45, 2.75) is 57.4 Å². The Balaban J connectivity index is 1.26. The Morgan fingerprint density at radius 3 is 2.90 bits per heavy atom. The maximum absolute atomic E-state index is 13.2. The minimum absolute atomic E-state index is 0.148. The van der Waals surface area contributed by atoms with Gasteiger partial charge in [0.1, 0.15) is 6.04 Å². The second-order valence-corrected chi connectivity index (χ2v) is 8.45. The van der Waals surface area contributed by atoms with Crippen molar-refractivity contribution in [3.05, 3.63) is 47.3 Å². The van der Waals surface area contributed by atoms with Gasteiger partial charge in [-0.15, -0.1) is 0 Å². The van der Waals surface area contributed by atoms with E-state index in [2.05, 4.69) is 21.0 Å². The fraction of sp³-hybridized carbons (Fsp3) is 0.455. The predicted octanol–water partition coefficient (Wildman–Crippen LogP) is 1.01. The van der Waals surface area contributed by atoms with Crippen molar-refractivity contribution >= 4 is 23.4 Å². The van der Waals surface area contributed by atoms with Crippen LogP contribution >= 0.6 is 0 Å². The van der Waals surface area contributed by atoms with Crippen LogP contribution < -0.4 is 16.0 Å². The van der Waals surface area contributed by atoms with Gasteiger partial charge in [-0.2, -0.15) is 5.10 Å². The molecule has 3 N–H and O–H groups in total. The molecule has 5 rings (SSSR count). The molecule has 2 fully saturated rings. The number of amides is 3. The minimum atomic E-state index is -0.596. The number of benzene rings is 1. The molecular weight excluding hydrogens is 396 g/mol. The van der Waals surface area contributed by atoms with Gasteiger partial charge in [-0.3, -0.25) is 24.4 Å². The number of carbonyl (C=O) groups is 3. The van der Waals surface area contributed by atoms with Gasteiger partial charge in [0.15, 0.2) is 0 Å². The summed E-state index contributed by atoms with van der Waals surface area (Å²) in [5, 5.41) is 13.6. The summed E-state index contributed by atoms with van der Waals surface area (Å²) < 4.78 is 1.94. The highest BCUT2D eigenvalue weighted by atomic mass is 16.2. The van der Waals surface area contributed by atoms with Crippen molar-refractivity contribution in [1.82, 2.24) is 25.3 Å². The zero-order valence-electron chi connectivity index (χ0n) is 17.3. The number of nitrogens with zero attached hydrogens (tertiary/aromatic N) is 3. The molecule has 31 heavy (non-hydrogen) atoms. The number of hydrogen-bond donors (Lipinski definition) is 3. The largest absolute Gasteiger partial charge is 0.378 e. The number of aromatic nitrogens is 2. The number of piperidine rings is 1. The van der Waals surface area contributed by atoms with Crippen LogP contribution in [0.3, 0.4) is 0 Å². The molecular formula is C22H26N6O3. The zero-order chi connectivity index (χ0) is 21.4. The third-order valence-electron chi connectivity index (χ3n) is 6.32. The summed E-state index contributed by atoms with van der Waals surface area (Å²) in [6.07, 6.45) is 6.79. The lowest BCUT2D eigenvalue weighted by Gasteiger charge is -2.29. The molecule has 9 nitrogen and oxygen atoms in total. The molecule has 0 radical (unpaired) electrons. The van der Waals surface area contributed by atoms with Gasteiger partial charge in [-0.05, 0) is 36.9 Å². The number of nitrogens with one attached hydrogen (secondary N) is 3. The fourth-order valence-corrected chi connectivity index (χ4v) is 4.73. The molecule has 3 aliphatic rings. The van der Waals surface area contributed by atoms with E-state index >= 15 is 0 Å². The molecule has 9 heteroatoms. The van der Waals surface area contributed by atoms with Gasteiger partial charge in [-0.25, -0.2) is 0 Å². The Bertz CT molecular complexity index is 1030. The first-order chi connectivity index (χ1) is 15.1. The number of rotatable bonds is 6. The molecule has 0 aliphatic carbocycles. The molecule has 2 unspecified atom stereocenters. The average molecular weight is 422 g/mol. The van der Waals surface area contributed by atoms with Crippen molar-refractivity contribution in [3.8, 4) is 0 Å². The lowest BCUT2D eigenvalue weighted by Crippen LogP contribution is -2.52. The number of anilines is 1. The molecule has 0 spiro atoms. The number of hydrogen-bond acceptors (Lipinski definition) is 6. The van der Waals surface area contributed by atoms with Gasteiger partial charge in [0.2, 0.25) is 11.8 Å². The SMILES string of the molecule is O=C1CCC(N2Cc3cccc(CNc4cnn(CC5CCCN5)c4)c3C2=O)C(=O)N1. The van der Waals surface area contributed by atoms with E-state index in [1.807, 2.05) is 29.1 Å². The normalized spacial score (nSPS) is 23.2. The summed E-state index contributed by atoms with van der Waals surface area (Å²) in [6.45, 7) is 2.80. The third-order valence-corrected chi connectivity index (χ3v) is 6.32. The van der Waals surface area contributed by atoms with Gasteiger partial charge in [0.05, 0.1) is 18.4 Å². The van der Waals surface area contributed by atoms with Crippen molar-refractivity contribution in [2.24, 2.45) is 0 Å². The summed E-state index contributed by atoms with van der Waals surface area (Å²) in [4.78, 5) is 38.5. The van der Waals surface area contributed by atoms with Crippen LogP contribution in [0, 0.1) is 0 Å². The molecule has 3 amide bonds. The van der Waals surface area contributed by atoms with Crippen LogP contribution in [-0.2, 0) is 29.2 Å². The quantitative estimate of drug-likeness (QED) is 0.600. The Morgan fingerprint density at radius 1 is 1.19 bits per heavy atom. The first-order valence-electron chi connectivity index (χ1n) is 10.8. The van der Waals surface area contributed by atoms with Crippen molar-refractivity contribution in [3.63, 3.8) is 0 Å². The van der Waals surface area contributed by atoms with Gasteiger partial charge in [0, 0.05) is 37.3 Å². The number of fused-ring (bicyclic) bond motifs is 1. The van der Waals surface area contributed by atoms with E-state index in [9.17, 15) is 14.4 Å². The average Bonchev–Trinajstić information content (AvgIpc) is 3.49. The van der Waals surface area contributed by atoms with E-state index in [4.69, 9.17) is 0 Å². The zero-order valence-corrected chi connectivity index (χ0v) is 17.3. The van der Waals surface area contributed by atoms with Crippen molar-refractivity contribution < 1.29 is 14.4 Å². The number of carbonyl (C=O) groups excluding carboxylic acids is 3. The van der Waals surface area contributed by atoms with Crippen LogP contribution in [0.5, 0.6) is 0 Å². The lowest BCUT2D eigenvalue weighted by atomic mass is 10.0. The Labute approximate surface area is 180 Å². The standard InChI is InChI=1S/C22H26N6O3/c29-19-7-6-18(21(30)26-19)28-11-15-4-1-3-14(20(15)22(28)31)9-24-17-10-25-27(13-17)12-16-5-2-8-23-16/h1,3-4,10,13,16,18,23-24H,2,5-9,11-12H2,(H,26,29,30). The molecule has 3 aliphatic heterocycles. The van der Waals surface area contributed by atoms with E-state index < -0.39 is 6.04 Å². The van der Waals surface area contributed by atoms with E-state index in [0.717, 1.165) is 29.9 Å².